The van der Waals surface area contributed by atoms with Crippen molar-refractivity contribution in [2.45, 2.75) is 19.8 Å². The molecule has 2 aromatic heterocycles. The number of nitrogens with one attached hydrogen (secondary N) is 2. The summed E-state index contributed by atoms with van der Waals surface area (Å²) in [5, 5.41) is 15.6. The average Bonchev–Trinajstić information content (AvgIpc) is 3.23. The molecule has 2 aliphatic rings. The predicted octanol–water partition coefficient (Wildman–Crippen LogP) is 3.41. The number of carbonyl (C=O) groups is 1. The van der Waals surface area contributed by atoms with Gasteiger partial charge in [-0.25, -0.2) is 4.98 Å². The highest BCUT2D eigenvalue weighted by Gasteiger charge is 2.31. The summed E-state index contributed by atoms with van der Waals surface area (Å²) in [5.74, 6) is 1.37. The van der Waals surface area contributed by atoms with Crippen molar-refractivity contribution in [3.8, 4) is 5.75 Å². The van der Waals surface area contributed by atoms with Gasteiger partial charge in [-0.05, 0) is 36.5 Å². The number of aliphatic hydroxyl groups is 1. The van der Waals surface area contributed by atoms with Gasteiger partial charge in [0.2, 0.25) is 5.95 Å². The van der Waals surface area contributed by atoms with Crippen LogP contribution in [0.5, 0.6) is 5.75 Å². The smallest absolute Gasteiger partial charge is 0.290 e. The minimum Gasteiger partial charge on any atom is -0.459 e. The summed E-state index contributed by atoms with van der Waals surface area (Å²) in [6.45, 7) is 7.41. The summed E-state index contributed by atoms with van der Waals surface area (Å²) >= 11 is 0. The molecule has 0 unspecified atom stereocenters. The number of rotatable bonds is 4. The highest BCUT2D eigenvalue weighted by atomic mass is 16.5. The van der Waals surface area contributed by atoms with Gasteiger partial charge in [0.05, 0.1) is 12.0 Å². The molecule has 2 aliphatic heterocycles. The first-order valence-corrected chi connectivity index (χ1v) is 10.1. The van der Waals surface area contributed by atoms with Crippen LogP contribution >= 0.6 is 0 Å². The van der Waals surface area contributed by atoms with Gasteiger partial charge in [0, 0.05) is 31.5 Å². The largest absolute Gasteiger partial charge is 0.459 e. The number of aromatic nitrogens is 2. The number of fused-ring (bicyclic) bond motifs is 2. The number of furan rings is 1. The van der Waals surface area contributed by atoms with Gasteiger partial charge in [-0.1, -0.05) is 13.5 Å². The second-order valence-electron chi connectivity index (χ2n) is 8.28. The minimum absolute atomic E-state index is 0.0606. The van der Waals surface area contributed by atoms with Crippen LogP contribution in [-0.2, 0) is 4.79 Å². The standard InChI is InChI=1S/C22H23N5O4/c1-13-20(29)24-16-11-14(3-4-17(16)31-13)23-21-25-15-5-10-30-18(15)19(26-21)27-8-6-22(2,12-28)7-9-27/h3-5,10-11,28H,1,6-9,12H2,2H3,(H,24,29)(H,23,25,26). The molecule has 160 valence electrons. The van der Waals surface area contributed by atoms with Crippen molar-refractivity contribution >= 4 is 40.1 Å². The Morgan fingerprint density at radius 3 is 2.87 bits per heavy atom. The number of carbonyl (C=O) groups excluding carboxylic acids is 1. The van der Waals surface area contributed by atoms with Crippen molar-refractivity contribution in [2.24, 2.45) is 5.41 Å². The molecule has 9 heteroatoms. The molecule has 0 spiro atoms. The molecular weight excluding hydrogens is 398 g/mol. The van der Waals surface area contributed by atoms with E-state index in [0.29, 0.717) is 34.2 Å². The Balaban J connectivity index is 1.43. The van der Waals surface area contributed by atoms with Crippen molar-refractivity contribution in [3.05, 3.63) is 42.9 Å². The van der Waals surface area contributed by atoms with Crippen molar-refractivity contribution in [1.29, 1.82) is 0 Å². The van der Waals surface area contributed by atoms with Crippen LogP contribution in [0.25, 0.3) is 11.1 Å². The summed E-state index contributed by atoms with van der Waals surface area (Å²) in [6, 6.07) is 7.13. The van der Waals surface area contributed by atoms with Crippen molar-refractivity contribution < 1.29 is 19.1 Å². The SMILES string of the molecule is C=C1Oc2ccc(Nc3nc(N4CCC(C)(CO)CC4)c4occc4n3)cc2NC1=O. The van der Waals surface area contributed by atoms with Crippen LogP contribution in [0.4, 0.5) is 23.1 Å². The van der Waals surface area contributed by atoms with E-state index in [4.69, 9.17) is 14.1 Å². The molecule has 3 N–H and O–H groups in total. The lowest BCUT2D eigenvalue weighted by Crippen LogP contribution is -2.40. The Labute approximate surface area is 178 Å². The molecule has 4 heterocycles. The zero-order valence-corrected chi connectivity index (χ0v) is 17.1. The van der Waals surface area contributed by atoms with Gasteiger partial charge >= 0.3 is 0 Å². The van der Waals surface area contributed by atoms with Crippen LogP contribution in [0.2, 0.25) is 0 Å². The molecule has 0 aliphatic carbocycles. The average molecular weight is 421 g/mol. The van der Waals surface area contributed by atoms with Crippen LogP contribution in [0, 0.1) is 5.41 Å². The summed E-state index contributed by atoms with van der Waals surface area (Å²) in [6.07, 6.45) is 3.34. The van der Waals surface area contributed by atoms with Crippen molar-refractivity contribution in [2.75, 3.05) is 35.2 Å². The zero-order chi connectivity index (χ0) is 21.6. The third kappa shape index (κ3) is 3.57. The van der Waals surface area contributed by atoms with E-state index in [2.05, 4.69) is 34.0 Å². The number of hydrogen-bond acceptors (Lipinski definition) is 8. The van der Waals surface area contributed by atoms with Gasteiger partial charge in [0.25, 0.3) is 5.91 Å². The molecule has 1 aromatic carbocycles. The normalized spacial score (nSPS) is 17.8. The quantitative estimate of drug-likeness (QED) is 0.550. The molecule has 3 aromatic rings. The lowest BCUT2D eigenvalue weighted by atomic mass is 9.81. The van der Waals surface area contributed by atoms with E-state index >= 15 is 0 Å². The Morgan fingerprint density at radius 2 is 2.10 bits per heavy atom. The number of hydrogen-bond donors (Lipinski definition) is 3. The van der Waals surface area contributed by atoms with E-state index in [-0.39, 0.29) is 23.7 Å². The van der Waals surface area contributed by atoms with Gasteiger partial charge in [-0.2, -0.15) is 4.98 Å². The highest BCUT2D eigenvalue weighted by molar-refractivity contribution is 6.05. The number of piperidine rings is 1. The second kappa shape index (κ2) is 7.28. The number of ether oxygens (including phenoxy) is 1. The molecule has 1 fully saturated rings. The third-order valence-corrected chi connectivity index (χ3v) is 5.91. The van der Waals surface area contributed by atoms with Crippen molar-refractivity contribution in [1.82, 2.24) is 9.97 Å². The summed E-state index contributed by atoms with van der Waals surface area (Å²) < 4.78 is 11.1. The van der Waals surface area contributed by atoms with Crippen LogP contribution < -0.4 is 20.3 Å². The van der Waals surface area contributed by atoms with Gasteiger partial charge in [-0.3, -0.25) is 4.79 Å². The minimum atomic E-state index is -0.372. The molecule has 0 bridgehead atoms. The maximum absolute atomic E-state index is 11.8. The van der Waals surface area contributed by atoms with E-state index in [0.717, 1.165) is 31.7 Å². The molecule has 1 amide bonds. The Kier molecular flexibility index (Phi) is 4.55. The van der Waals surface area contributed by atoms with Crippen molar-refractivity contribution in [3.63, 3.8) is 0 Å². The Hall–Kier alpha value is -3.59. The number of nitrogens with zero attached hydrogens (tertiary/aromatic N) is 3. The fourth-order valence-electron chi connectivity index (χ4n) is 3.83. The second-order valence-corrected chi connectivity index (χ2v) is 8.28. The molecule has 0 saturated carbocycles. The lowest BCUT2D eigenvalue weighted by Gasteiger charge is -2.38. The first-order valence-electron chi connectivity index (χ1n) is 10.1. The van der Waals surface area contributed by atoms with E-state index < -0.39 is 0 Å². The third-order valence-electron chi connectivity index (χ3n) is 5.91. The van der Waals surface area contributed by atoms with Crippen LogP contribution in [-0.4, -0.2) is 40.7 Å². The molecule has 0 atom stereocenters. The Bertz CT molecular complexity index is 1180. The first kappa shape index (κ1) is 19.4. The van der Waals surface area contributed by atoms with Crippen LogP contribution in [0.1, 0.15) is 19.8 Å². The summed E-state index contributed by atoms with van der Waals surface area (Å²) in [4.78, 5) is 23.3. The van der Waals surface area contributed by atoms with E-state index in [1.165, 1.54) is 0 Å². The fourth-order valence-corrected chi connectivity index (χ4v) is 3.83. The molecule has 0 radical (unpaired) electrons. The number of aliphatic hydroxyl groups excluding tert-OH is 1. The van der Waals surface area contributed by atoms with Crippen LogP contribution in [0.3, 0.4) is 0 Å². The van der Waals surface area contributed by atoms with E-state index in [1.807, 2.05) is 6.07 Å². The zero-order valence-electron chi connectivity index (χ0n) is 17.1. The monoisotopic (exact) mass is 421 g/mol. The Morgan fingerprint density at radius 1 is 1.29 bits per heavy atom. The fraction of sp³-hybridized carbons (Fsp3) is 0.318. The summed E-state index contributed by atoms with van der Waals surface area (Å²) in [5.41, 5.74) is 2.53. The summed E-state index contributed by atoms with van der Waals surface area (Å²) in [7, 11) is 0. The van der Waals surface area contributed by atoms with Gasteiger partial charge < -0.3 is 29.8 Å². The number of amides is 1. The molecular formula is C22H23N5O4. The maximum atomic E-state index is 11.8. The topological polar surface area (TPSA) is 113 Å². The van der Waals surface area contributed by atoms with Crippen LogP contribution in [0.15, 0.2) is 47.3 Å². The molecule has 1 saturated heterocycles. The number of benzene rings is 1. The van der Waals surface area contributed by atoms with Gasteiger partial charge in [-0.15, -0.1) is 0 Å². The molecule has 5 rings (SSSR count). The highest BCUT2D eigenvalue weighted by Crippen LogP contribution is 2.36. The first-order chi connectivity index (χ1) is 14.9. The van der Waals surface area contributed by atoms with E-state index in [1.54, 1.807) is 24.5 Å². The van der Waals surface area contributed by atoms with Gasteiger partial charge in [0.15, 0.2) is 22.9 Å². The molecule has 31 heavy (non-hydrogen) atoms. The van der Waals surface area contributed by atoms with E-state index in [9.17, 15) is 9.90 Å². The predicted molar refractivity (Wildman–Crippen MR) is 117 cm³/mol. The number of anilines is 4. The van der Waals surface area contributed by atoms with Gasteiger partial charge in [0.1, 0.15) is 5.52 Å². The molecule has 9 nitrogen and oxygen atoms in total. The maximum Gasteiger partial charge on any atom is 0.290 e. The lowest BCUT2D eigenvalue weighted by molar-refractivity contribution is -0.115.